The molecular formula is C14H20Cl2N2O3. The first kappa shape index (κ1) is 17.9. The molecule has 0 heterocycles. The molecule has 0 aliphatic carbocycles. The van der Waals surface area contributed by atoms with Crippen molar-refractivity contribution in [1.29, 1.82) is 0 Å². The van der Waals surface area contributed by atoms with Gasteiger partial charge < -0.3 is 14.8 Å². The van der Waals surface area contributed by atoms with Crippen molar-refractivity contribution < 1.29 is 14.3 Å². The van der Waals surface area contributed by atoms with Crippen molar-refractivity contribution in [2.24, 2.45) is 0 Å². The molecule has 0 saturated heterocycles. The normalized spacial score (nSPS) is 12.1. The second-order valence-corrected chi connectivity index (χ2v) is 5.14. The molecule has 7 heteroatoms. The summed E-state index contributed by atoms with van der Waals surface area (Å²) in [6.07, 6.45) is 0.577. The van der Waals surface area contributed by atoms with Crippen LogP contribution in [-0.2, 0) is 0 Å². The fraction of sp³-hybridized carbons (Fsp3) is 0.500. The van der Waals surface area contributed by atoms with Crippen LogP contribution in [0.3, 0.4) is 0 Å². The van der Waals surface area contributed by atoms with Crippen molar-refractivity contribution in [3.8, 4) is 11.5 Å². The SMILES string of the molecule is COc1cccc(OC)c1C(=O)NCCC(Cl)N(C)CCl. The molecule has 0 aliphatic rings. The van der Waals surface area contributed by atoms with Crippen LogP contribution in [-0.4, -0.2) is 50.1 Å². The molecule has 0 aliphatic heterocycles. The van der Waals surface area contributed by atoms with Gasteiger partial charge in [0.05, 0.1) is 25.7 Å². The van der Waals surface area contributed by atoms with Crippen LogP contribution in [0.1, 0.15) is 16.8 Å². The van der Waals surface area contributed by atoms with Crippen molar-refractivity contribution in [2.45, 2.75) is 11.9 Å². The Balaban J connectivity index is 2.68. The van der Waals surface area contributed by atoms with Gasteiger partial charge in [0, 0.05) is 6.54 Å². The Morgan fingerprint density at radius 1 is 1.33 bits per heavy atom. The Bertz CT molecular complexity index is 449. The van der Waals surface area contributed by atoms with Gasteiger partial charge in [0.15, 0.2) is 0 Å². The van der Waals surface area contributed by atoms with Crippen LogP contribution in [0.2, 0.25) is 0 Å². The molecule has 0 radical (unpaired) electrons. The van der Waals surface area contributed by atoms with Gasteiger partial charge in [0.25, 0.3) is 5.91 Å². The van der Waals surface area contributed by atoms with Gasteiger partial charge in [-0.05, 0) is 25.6 Å². The van der Waals surface area contributed by atoms with E-state index in [1.165, 1.54) is 14.2 Å². The molecule has 21 heavy (non-hydrogen) atoms. The molecule has 1 aromatic rings. The number of halogens is 2. The maximum absolute atomic E-state index is 12.3. The van der Waals surface area contributed by atoms with Crippen molar-refractivity contribution >= 4 is 29.1 Å². The molecule has 1 amide bonds. The number of nitrogens with one attached hydrogen (secondary N) is 1. The summed E-state index contributed by atoms with van der Waals surface area (Å²) >= 11 is 11.8. The Labute approximate surface area is 135 Å². The molecule has 1 N–H and O–H groups in total. The minimum Gasteiger partial charge on any atom is -0.496 e. The average molecular weight is 335 g/mol. The fourth-order valence-electron chi connectivity index (χ4n) is 1.76. The molecule has 5 nitrogen and oxygen atoms in total. The van der Waals surface area contributed by atoms with E-state index in [9.17, 15) is 4.79 Å². The van der Waals surface area contributed by atoms with Gasteiger partial charge in [0.1, 0.15) is 17.1 Å². The molecule has 0 spiro atoms. The predicted molar refractivity (Wildman–Crippen MR) is 84.6 cm³/mol. The highest BCUT2D eigenvalue weighted by molar-refractivity contribution is 6.21. The van der Waals surface area contributed by atoms with Gasteiger partial charge in [-0.1, -0.05) is 6.07 Å². The number of hydrogen-bond acceptors (Lipinski definition) is 4. The number of methoxy groups -OCH3 is 2. The third-order valence-corrected chi connectivity index (χ3v) is 3.92. The first-order valence-corrected chi connectivity index (χ1v) is 7.41. The highest BCUT2D eigenvalue weighted by atomic mass is 35.5. The van der Waals surface area contributed by atoms with E-state index in [1.54, 1.807) is 23.1 Å². The van der Waals surface area contributed by atoms with Gasteiger partial charge in [-0.15, -0.1) is 23.2 Å². The molecule has 1 unspecified atom stereocenters. The van der Waals surface area contributed by atoms with Crippen LogP contribution in [0.5, 0.6) is 11.5 Å². The molecule has 1 rings (SSSR count). The lowest BCUT2D eigenvalue weighted by Crippen LogP contribution is -2.32. The number of benzene rings is 1. The summed E-state index contributed by atoms with van der Waals surface area (Å²) in [6.45, 7) is 0.426. The molecule has 0 saturated carbocycles. The van der Waals surface area contributed by atoms with E-state index in [0.717, 1.165) is 0 Å². The van der Waals surface area contributed by atoms with Crippen molar-refractivity contribution in [2.75, 3.05) is 33.8 Å². The quantitative estimate of drug-likeness (QED) is 0.586. The smallest absolute Gasteiger partial charge is 0.258 e. The Hall–Kier alpha value is -1.17. The zero-order valence-corrected chi connectivity index (χ0v) is 13.9. The standard InChI is InChI=1S/C14H20Cl2N2O3/c1-18(9-15)12(16)7-8-17-14(19)13-10(20-2)5-4-6-11(13)21-3/h4-6,12H,7-9H2,1-3H3,(H,17,19). The molecular weight excluding hydrogens is 315 g/mol. The van der Waals surface area contributed by atoms with E-state index in [2.05, 4.69) is 5.32 Å². The number of alkyl halides is 2. The second kappa shape index (κ2) is 8.97. The van der Waals surface area contributed by atoms with Crippen LogP contribution in [0.15, 0.2) is 18.2 Å². The maximum Gasteiger partial charge on any atom is 0.258 e. The van der Waals surface area contributed by atoms with Gasteiger partial charge in [-0.25, -0.2) is 0 Å². The average Bonchev–Trinajstić information content (AvgIpc) is 2.52. The molecule has 0 fully saturated rings. The van der Waals surface area contributed by atoms with E-state index in [1.807, 2.05) is 7.05 Å². The van der Waals surface area contributed by atoms with Crippen LogP contribution in [0, 0.1) is 0 Å². The first-order chi connectivity index (χ1) is 10.0. The number of carbonyl (C=O) groups is 1. The van der Waals surface area contributed by atoms with Gasteiger partial charge in [-0.2, -0.15) is 0 Å². The number of nitrogens with zero attached hydrogens (tertiary/aromatic N) is 1. The molecule has 1 atom stereocenters. The summed E-state index contributed by atoms with van der Waals surface area (Å²) < 4.78 is 10.4. The number of rotatable bonds is 8. The zero-order valence-electron chi connectivity index (χ0n) is 12.4. The summed E-state index contributed by atoms with van der Waals surface area (Å²) in [7, 11) is 4.83. The number of ether oxygens (including phenoxy) is 2. The van der Waals surface area contributed by atoms with E-state index in [-0.39, 0.29) is 11.4 Å². The Morgan fingerprint density at radius 3 is 2.38 bits per heavy atom. The van der Waals surface area contributed by atoms with Crippen molar-refractivity contribution in [3.63, 3.8) is 0 Å². The monoisotopic (exact) mass is 334 g/mol. The molecule has 118 valence electrons. The van der Waals surface area contributed by atoms with E-state index in [0.29, 0.717) is 36.0 Å². The summed E-state index contributed by atoms with van der Waals surface area (Å²) in [5.74, 6) is 0.668. The van der Waals surface area contributed by atoms with Crippen LogP contribution in [0.4, 0.5) is 0 Å². The van der Waals surface area contributed by atoms with E-state index in [4.69, 9.17) is 32.7 Å². The lowest BCUT2D eigenvalue weighted by atomic mass is 10.1. The lowest BCUT2D eigenvalue weighted by molar-refractivity contribution is 0.0945. The number of carbonyl (C=O) groups excluding carboxylic acids is 1. The third kappa shape index (κ3) is 4.95. The minimum absolute atomic E-state index is 0.234. The second-order valence-electron chi connectivity index (χ2n) is 4.39. The minimum atomic E-state index is -0.262. The summed E-state index contributed by atoms with van der Waals surface area (Å²) in [5, 5.41) is 2.81. The lowest BCUT2D eigenvalue weighted by Gasteiger charge is -2.20. The van der Waals surface area contributed by atoms with Crippen molar-refractivity contribution in [3.05, 3.63) is 23.8 Å². The molecule has 0 aromatic heterocycles. The van der Waals surface area contributed by atoms with E-state index >= 15 is 0 Å². The van der Waals surface area contributed by atoms with Crippen LogP contribution in [0.25, 0.3) is 0 Å². The zero-order chi connectivity index (χ0) is 15.8. The van der Waals surface area contributed by atoms with Gasteiger partial charge >= 0.3 is 0 Å². The summed E-state index contributed by atoms with van der Waals surface area (Å²) in [5.41, 5.74) is 0.140. The third-order valence-electron chi connectivity index (χ3n) is 2.99. The highest BCUT2D eigenvalue weighted by Crippen LogP contribution is 2.27. The molecule has 0 bridgehead atoms. The number of hydrogen-bond donors (Lipinski definition) is 1. The maximum atomic E-state index is 12.3. The van der Waals surface area contributed by atoms with Crippen LogP contribution >= 0.6 is 23.2 Å². The summed E-state index contributed by atoms with van der Waals surface area (Å²) in [6, 6.07) is 5.52. The number of amides is 1. The Morgan fingerprint density at radius 2 is 1.90 bits per heavy atom. The largest absolute Gasteiger partial charge is 0.496 e. The Kier molecular flexibility index (Phi) is 7.64. The van der Waals surface area contributed by atoms with Crippen molar-refractivity contribution in [1.82, 2.24) is 10.2 Å². The fourth-order valence-corrected chi connectivity index (χ4v) is 2.18. The van der Waals surface area contributed by atoms with Crippen LogP contribution < -0.4 is 14.8 Å². The van der Waals surface area contributed by atoms with E-state index < -0.39 is 0 Å². The van der Waals surface area contributed by atoms with Gasteiger partial charge in [-0.3, -0.25) is 9.69 Å². The summed E-state index contributed by atoms with van der Waals surface area (Å²) in [4.78, 5) is 14.0. The van der Waals surface area contributed by atoms with Gasteiger partial charge in [0.2, 0.25) is 0 Å². The predicted octanol–water partition coefficient (Wildman–Crippen LogP) is 2.52. The molecule has 1 aromatic carbocycles. The topological polar surface area (TPSA) is 50.8 Å². The first-order valence-electron chi connectivity index (χ1n) is 6.44. The highest BCUT2D eigenvalue weighted by Gasteiger charge is 2.18.